The largest absolute Gasteiger partial charge is 0.456 e. The number of hydrogen-bond donors (Lipinski definition) is 2. The highest BCUT2D eigenvalue weighted by atomic mass is 35.5. The minimum Gasteiger partial charge on any atom is -0.456 e. The van der Waals surface area contributed by atoms with Crippen LogP contribution in [-0.2, 0) is 4.79 Å². The van der Waals surface area contributed by atoms with E-state index in [0.717, 1.165) is 22.3 Å². The molecule has 9 nitrogen and oxygen atoms in total. The van der Waals surface area contributed by atoms with Crippen molar-refractivity contribution in [3.05, 3.63) is 84.9 Å². The number of aryl methyl sites for hydroxylation is 1. The number of anilines is 1. The van der Waals surface area contributed by atoms with Gasteiger partial charge in [-0.05, 0) is 61.1 Å². The Labute approximate surface area is 218 Å². The molecular weight excluding hydrogens is 535 g/mol. The molecule has 0 unspecified atom stereocenters. The van der Waals surface area contributed by atoms with Gasteiger partial charge in [0.15, 0.2) is 4.32 Å². The third-order valence-corrected chi connectivity index (χ3v) is 6.74. The van der Waals surface area contributed by atoms with Crippen molar-refractivity contribution in [3.8, 4) is 11.3 Å². The molecule has 13 heteroatoms. The molecule has 3 aromatic rings. The second-order valence-electron chi connectivity index (χ2n) is 7.19. The van der Waals surface area contributed by atoms with Gasteiger partial charge in [0.05, 0.1) is 25.4 Å². The Morgan fingerprint density at radius 3 is 2.66 bits per heavy atom. The third kappa shape index (κ3) is 5.49. The van der Waals surface area contributed by atoms with Gasteiger partial charge in [-0.2, -0.15) is 5.01 Å². The number of nitro groups is 1. The van der Waals surface area contributed by atoms with Crippen LogP contribution in [-0.4, -0.2) is 26.2 Å². The van der Waals surface area contributed by atoms with Crippen LogP contribution < -0.4 is 10.7 Å². The van der Waals surface area contributed by atoms with Crippen molar-refractivity contribution >= 4 is 80.9 Å². The molecule has 4 rings (SSSR count). The van der Waals surface area contributed by atoms with Crippen LogP contribution in [0.3, 0.4) is 0 Å². The summed E-state index contributed by atoms with van der Waals surface area (Å²) in [6.45, 7) is 1.76. The maximum absolute atomic E-state index is 12.8. The third-order valence-electron chi connectivity index (χ3n) is 4.70. The molecule has 0 spiro atoms. The maximum Gasteiger partial charge on any atom is 0.338 e. The van der Waals surface area contributed by atoms with Crippen LogP contribution in [0.15, 0.2) is 57.9 Å². The number of carbonyl (C=O) groups is 2. The van der Waals surface area contributed by atoms with Gasteiger partial charge in [0.25, 0.3) is 11.6 Å². The van der Waals surface area contributed by atoms with Crippen molar-refractivity contribution < 1.29 is 18.9 Å². The van der Waals surface area contributed by atoms with Gasteiger partial charge in [0, 0.05) is 17.8 Å². The number of urea groups is 1. The summed E-state index contributed by atoms with van der Waals surface area (Å²) in [4.78, 5) is 36.3. The van der Waals surface area contributed by atoms with Gasteiger partial charge in [-0.3, -0.25) is 14.9 Å². The minimum atomic E-state index is -0.715. The summed E-state index contributed by atoms with van der Waals surface area (Å²) in [5.74, 6) is -0.00302. The predicted molar refractivity (Wildman–Crippen MR) is 139 cm³/mol. The number of halogens is 2. The highest BCUT2D eigenvalue weighted by Crippen LogP contribution is 2.35. The Balaban J connectivity index is 1.49. The fraction of sp³-hybridized carbons (Fsp3) is 0.0455. The number of nitrogens with zero attached hydrogens (tertiary/aromatic N) is 2. The molecule has 2 heterocycles. The van der Waals surface area contributed by atoms with Gasteiger partial charge >= 0.3 is 6.03 Å². The van der Waals surface area contributed by atoms with E-state index in [2.05, 4.69) is 10.7 Å². The van der Waals surface area contributed by atoms with Crippen LogP contribution in [0.1, 0.15) is 11.3 Å². The molecule has 1 aromatic heterocycles. The number of carbonyl (C=O) groups excluding carboxylic acids is 2. The van der Waals surface area contributed by atoms with Crippen molar-refractivity contribution in [1.82, 2.24) is 10.4 Å². The normalized spacial score (nSPS) is 14.5. The maximum atomic E-state index is 12.8. The Morgan fingerprint density at radius 2 is 1.94 bits per heavy atom. The van der Waals surface area contributed by atoms with Crippen LogP contribution in [0.5, 0.6) is 0 Å². The fourth-order valence-electron chi connectivity index (χ4n) is 3.10. The van der Waals surface area contributed by atoms with Crippen LogP contribution in [0.4, 0.5) is 16.2 Å². The second kappa shape index (κ2) is 10.1. The van der Waals surface area contributed by atoms with E-state index in [-0.39, 0.29) is 31.5 Å². The lowest BCUT2D eigenvalue weighted by Gasteiger charge is -2.16. The number of hydrazine groups is 1. The predicted octanol–water partition coefficient (Wildman–Crippen LogP) is 6.41. The summed E-state index contributed by atoms with van der Waals surface area (Å²) in [6.07, 6.45) is 1.45. The van der Waals surface area contributed by atoms with Gasteiger partial charge in [-0.1, -0.05) is 41.0 Å². The second-order valence-corrected chi connectivity index (χ2v) is 9.68. The summed E-state index contributed by atoms with van der Waals surface area (Å²) >= 11 is 18.0. The first-order valence-electron chi connectivity index (χ1n) is 9.78. The average Bonchev–Trinajstić information content (AvgIpc) is 3.36. The molecule has 0 atom stereocenters. The molecule has 2 aromatic carbocycles. The average molecular weight is 549 g/mol. The van der Waals surface area contributed by atoms with E-state index in [1.165, 1.54) is 24.3 Å². The lowest BCUT2D eigenvalue weighted by atomic mass is 10.1. The fourth-order valence-corrected chi connectivity index (χ4v) is 4.56. The number of thiocarbonyl (C=S) groups is 1. The monoisotopic (exact) mass is 548 g/mol. The Morgan fingerprint density at radius 1 is 1.17 bits per heavy atom. The van der Waals surface area contributed by atoms with Gasteiger partial charge in [-0.15, -0.1) is 0 Å². The highest BCUT2D eigenvalue weighted by Gasteiger charge is 2.34. The first-order chi connectivity index (χ1) is 16.6. The zero-order chi connectivity index (χ0) is 25.3. The van der Waals surface area contributed by atoms with E-state index >= 15 is 0 Å². The Bertz CT molecular complexity index is 1420. The van der Waals surface area contributed by atoms with Crippen LogP contribution in [0.2, 0.25) is 10.0 Å². The standard InChI is InChI=1S/C22H14Cl2N4O5S2/c1-11-2-5-14(17(8-11)28(31)32)18-7-4-13(33-18)10-19-20(29)27(22(34)35-19)26-21(30)25-12-3-6-15(23)16(24)9-12/h2-10H,1H3,(H2,25,26,30)/b19-10+. The van der Waals surface area contributed by atoms with E-state index < -0.39 is 16.9 Å². The van der Waals surface area contributed by atoms with Crippen molar-refractivity contribution in [2.75, 3.05) is 5.32 Å². The molecular formula is C22H14Cl2N4O5S2. The molecule has 2 N–H and O–H groups in total. The molecule has 1 fully saturated rings. The number of rotatable bonds is 5. The van der Waals surface area contributed by atoms with Crippen LogP contribution >= 0.6 is 47.2 Å². The molecule has 0 aliphatic carbocycles. The lowest BCUT2D eigenvalue weighted by Crippen LogP contribution is -2.46. The topological polar surface area (TPSA) is 118 Å². The lowest BCUT2D eigenvalue weighted by molar-refractivity contribution is -0.384. The molecule has 1 aliphatic heterocycles. The summed E-state index contributed by atoms with van der Waals surface area (Å²) in [7, 11) is 0. The van der Waals surface area contributed by atoms with Gasteiger partial charge in [0.2, 0.25) is 0 Å². The summed E-state index contributed by atoms with van der Waals surface area (Å²) in [5, 5.41) is 15.5. The summed E-state index contributed by atoms with van der Waals surface area (Å²) in [5.41, 5.74) is 3.72. The number of thioether (sulfide) groups is 1. The first-order valence-corrected chi connectivity index (χ1v) is 11.8. The number of nitro benzene ring substituents is 1. The van der Waals surface area contributed by atoms with Gasteiger partial charge < -0.3 is 9.73 Å². The van der Waals surface area contributed by atoms with Crippen molar-refractivity contribution in [2.45, 2.75) is 6.92 Å². The number of nitrogens with one attached hydrogen (secondary N) is 2. The highest BCUT2D eigenvalue weighted by molar-refractivity contribution is 8.26. The summed E-state index contributed by atoms with van der Waals surface area (Å²) < 4.78 is 5.83. The minimum absolute atomic E-state index is 0.0885. The van der Waals surface area contributed by atoms with Crippen molar-refractivity contribution in [1.29, 1.82) is 0 Å². The van der Waals surface area contributed by atoms with Crippen LogP contribution in [0, 0.1) is 17.0 Å². The van der Waals surface area contributed by atoms with E-state index in [0.29, 0.717) is 16.3 Å². The molecule has 3 amide bonds. The first kappa shape index (κ1) is 24.7. The molecule has 1 aliphatic rings. The quantitative estimate of drug-likeness (QED) is 0.164. The number of benzene rings is 2. The number of hydrogen-bond acceptors (Lipinski definition) is 7. The molecule has 178 valence electrons. The Kier molecular flexibility index (Phi) is 7.13. The van der Waals surface area contributed by atoms with Gasteiger partial charge in [-0.25, -0.2) is 10.2 Å². The molecule has 0 saturated carbocycles. The molecule has 35 heavy (non-hydrogen) atoms. The molecule has 0 bridgehead atoms. The number of furan rings is 1. The zero-order valence-corrected chi connectivity index (χ0v) is 20.8. The number of amides is 3. The van der Waals surface area contributed by atoms with Crippen molar-refractivity contribution in [3.63, 3.8) is 0 Å². The molecule has 0 radical (unpaired) electrons. The smallest absolute Gasteiger partial charge is 0.338 e. The Hall–Kier alpha value is -3.38. The van der Waals surface area contributed by atoms with E-state index in [9.17, 15) is 19.7 Å². The SMILES string of the molecule is Cc1ccc(-c2ccc(/C=C3/SC(=S)N(NC(=O)Nc4ccc(Cl)c(Cl)c4)C3=O)o2)c([N+](=O)[O-])c1. The van der Waals surface area contributed by atoms with E-state index in [4.69, 9.17) is 39.8 Å². The van der Waals surface area contributed by atoms with E-state index in [1.807, 2.05) is 0 Å². The van der Waals surface area contributed by atoms with Gasteiger partial charge in [0.1, 0.15) is 11.5 Å². The molecule has 1 saturated heterocycles. The van der Waals surface area contributed by atoms with E-state index in [1.54, 1.807) is 37.3 Å². The van der Waals surface area contributed by atoms with Crippen LogP contribution in [0.25, 0.3) is 17.4 Å². The van der Waals surface area contributed by atoms with Crippen molar-refractivity contribution in [2.24, 2.45) is 0 Å². The zero-order valence-electron chi connectivity index (χ0n) is 17.7. The summed E-state index contributed by atoms with van der Waals surface area (Å²) in [6, 6.07) is 11.8.